The van der Waals surface area contributed by atoms with E-state index in [2.05, 4.69) is 74.6 Å². The number of aromatic amines is 1. The fourth-order valence-corrected chi connectivity index (χ4v) is 5.56. The van der Waals surface area contributed by atoms with Crippen molar-refractivity contribution in [2.45, 2.75) is 30.8 Å². The van der Waals surface area contributed by atoms with Crippen LogP contribution in [-0.2, 0) is 6.42 Å². The molecule has 1 aromatic carbocycles. The van der Waals surface area contributed by atoms with Crippen molar-refractivity contribution in [1.82, 2.24) is 19.9 Å². The molecule has 0 spiro atoms. The van der Waals surface area contributed by atoms with Gasteiger partial charge in [-0.05, 0) is 23.7 Å². The van der Waals surface area contributed by atoms with Gasteiger partial charge in [-0.15, -0.1) is 10.2 Å². The van der Waals surface area contributed by atoms with E-state index in [1.54, 1.807) is 11.8 Å². The molecule has 1 atom stereocenters. The standard InChI is InChI=1S/C17H17N5S2/c1-10(2)7-14-19-20-17-21(14)22-15(24-17)9-23-16(22)12-8-18-13-6-4-3-5-11(12)13/h3-6,8-10,16,18H,7H2,1-2H3. The van der Waals surface area contributed by atoms with E-state index in [9.17, 15) is 0 Å². The molecule has 0 fully saturated rings. The van der Waals surface area contributed by atoms with Crippen LogP contribution in [0.2, 0.25) is 0 Å². The van der Waals surface area contributed by atoms with Gasteiger partial charge in [0.25, 0.3) is 0 Å². The third kappa shape index (κ3) is 2.04. The fraction of sp³-hybridized carbons (Fsp3) is 0.294. The predicted octanol–water partition coefficient (Wildman–Crippen LogP) is 4.25. The fourth-order valence-electron chi connectivity index (χ4n) is 3.29. The molecule has 2 aliphatic rings. The van der Waals surface area contributed by atoms with Gasteiger partial charge in [0.15, 0.2) is 5.82 Å². The maximum absolute atomic E-state index is 4.42. The summed E-state index contributed by atoms with van der Waals surface area (Å²) in [5, 5.41) is 17.1. The number of hydrogen-bond acceptors (Lipinski definition) is 5. The van der Waals surface area contributed by atoms with Crippen LogP contribution in [0.3, 0.4) is 0 Å². The Bertz CT molecular complexity index is 955. The lowest BCUT2D eigenvalue weighted by Crippen LogP contribution is -2.31. The molecular weight excluding hydrogens is 338 g/mol. The lowest BCUT2D eigenvalue weighted by molar-refractivity contribution is 0.552. The van der Waals surface area contributed by atoms with Gasteiger partial charge < -0.3 is 4.98 Å². The molecule has 2 aliphatic heterocycles. The van der Waals surface area contributed by atoms with Crippen LogP contribution in [0, 0.1) is 5.92 Å². The summed E-state index contributed by atoms with van der Waals surface area (Å²) in [5.41, 5.74) is 2.49. The zero-order chi connectivity index (χ0) is 16.3. The first-order valence-electron chi connectivity index (χ1n) is 8.05. The second kappa shape index (κ2) is 5.32. The quantitative estimate of drug-likeness (QED) is 0.761. The van der Waals surface area contributed by atoms with Gasteiger partial charge in [-0.3, -0.25) is 5.01 Å². The summed E-state index contributed by atoms with van der Waals surface area (Å²) < 4.78 is 2.21. The van der Waals surface area contributed by atoms with Gasteiger partial charge in [0, 0.05) is 34.5 Å². The highest BCUT2D eigenvalue weighted by molar-refractivity contribution is 8.07. The zero-order valence-electron chi connectivity index (χ0n) is 13.4. The third-order valence-electron chi connectivity index (χ3n) is 4.31. The van der Waals surface area contributed by atoms with E-state index < -0.39 is 0 Å². The first-order chi connectivity index (χ1) is 11.7. The van der Waals surface area contributed by atoms with Crippen LogP contribution in [0.5, 0.6) is 0 Å². The monoisotopic (exact) mass is 355 g/mol. The van der Waals surface area contributed by atoms with Crippen molar-refractivity contribution < 1.29 is 0 Å². The van der Waals surface area contributed by atoms with Crippen LogP contribution in [-0.4, -0.2) is 19.9 Å². The zero-order valence-corrected chi connectivity index (χ0v) is 15.1. The number of benzene rings is 1. The third-order valence-corrected chi connectivity index (χ3v) is 6.48. The molecule has 5 rings (SSSR count). The first kappa shape index (κ1) is 14.5. The molecule has 3 aromatic rings. The van der Waals surface area contributed by atoms with E-state index in [0.717, 1.165) is 17.4 Å². The van der Waals surface area contributed by atoms with Crippen LogP contribution in [0.15, 0.2) is 46.1 Å². The van der Waals surface area contributed by atoms with Crippen LogP contribution in [0.25, 0.3) is 10.9 Å². The van der Waals surface area contributed by atoms with E-state index in [0.29, 0.717) is 5.92 Å². The summed E-state index contributed by atoms with van der Waals surface area (Å²) >= 11 is 3.55. The highest BCUT2D eigenvalue weighted by Gasteiger charge is 2.40. The van der Waals surface area contributed by atoms with Crippen molar-refractivity contribution in [2.24, 2.45) is 5.92 Å². The Hall–Kier alpha value is -1.86. The van der Waals surface area contributed by atoms with E-state index in [4.69, 9.17) is 0 Å². The maximum Gasteiger partial charge on any atom is 0.216 e. The Morgan fingerprint density at radius 1 is 1.25 bits per heavy atom. The van der Waals surface area contributed by atoms with Crippen LogP contribution in [0.1, 0.15) is 30.6 Å². The molecule has 5 nitrogen and oxygen atoms in total. The predicted molar refractivity (Wildman–Crippen MR) is 99.4 cm³/mol. The Labute approximate surface area is 148 Å². The molecule has 4 heterocycles. The largest absolute Gasteiger partial charge is 0.361 e. The van der Waals surface area contributed by atoms with Gasteiger partial charge in [-0.25, -0.2) is 4.68 Å². The van der Waals surface area contributed by atoms with Gasteiger partial charge in [0.05, 0.1) is 0 Å². The minimum Gasteiger partial charge on any atom is -0.361 e. The van der Waals surface area contributed by atoms with Gasteiger partial charge in [-0.2, -0.15) is 0 Å². The number of para-hydroxylation sites is 1. The van der Waals surface area contributed by atoms with E-state index in [1.807, 2.05) is 11.8 Å². The number of nitrogens with one attached hydrogen (secondary N) is 1. The topological polar surface area (TPSA) is 49.7 Å². The van der Waals surface area contributed by atoms with Crippen molar-refractivity contribution in [3.8, 4) is 0 Å². The number of aromatic nitrogens is 4. The van der Waals surface area contributed by atoms with Crippen molar-refractivity contribution in [1.29, 1.82) is 0 Å². The number of rotatable bonds is 3. The molecule has 0 amide bonds. The lowest BCUT2D eigenvalue weighted by atomic mass is 10.1. The second-order valence-electron chi connectivity index (χ2n) is 6.49. The number of nitrogens with zero attached hydrogens (tertiary/aromatic N) is 4. The Morgan fingerprint density at radius 2 is 2.12 bits per heavy atom. The summed E-state index contributed by atoms with van der Waals surface area (Å²) in [7, 11) is 0. The van der Waals surface area contributed by atoms with Crippen LogP contribution in [0.4, 0.5) is 0 Å². The highest BCUT2D eigenvalue weighted by Crippen LogP contribution is 2.52. The Balaban J connectivity index is 1.60. The molecule has 1 unspecified atom stereocenters. The molecule has 0 saturated carbocycles. The van der Waals surface area contributed by atoms with Gasteiger partial charge in [0.1, 0.15) is 10.4 Å². The molecule has 0 bridgehead atoms. The molecule has 122 valence electrons. The minimum atomic E-state index is 0.215. The summed E-state index contributed by atoms with van der Waals surface area (Å²) in [4.78, 5) is 3.40. The molecule has 0 radical (unpaired) electrons. The number of H-pyrrole nitrogens is 1. The van der Waals surface area contributed by atoms with E-state index in [1.165, 1.54) is 21.5 Å². The summed E-state index contributed by atoms with van der Waals surface area (Å²) in [5.74, 6) is 1.60. The molecule has 1 N–H and O–H groups in total. The molecule has 0 aliphatic carbocycles. The lowest BCUT2D eigenvalue weighted by Gasteiger charge is -2.25. The van der Waals surface area contributed by atoms with E-state index in [-0.39, 0.29) is 5.37 Å². The smallest absolute Gasteiger partial charge is 0.216 e. The summed E-state index contributed by atoms with van der Waals surface area (Å²) in [6.45, 7) is 4.44. The van der Waals surface area contributed by atoms with Crippen molar-refractivity contribution >= 4 is 34.4 Å². The average Bonchev–Trinajstić information content (AvgIpc) is 3.28. The minimum absolute atomic E-state index is 0.215. The second-order valence-corrected chi connectivity index (χ2v) is 8.43. The van der Waals surface area contributed by atoms with Crippen molar-refractivity contribution in [3.05, 3.63) is 52.3 Å². The van der Waals surface area contributed by atoms with Crippen LogP contribution >= 0.6 is 23.5 Å². The molecule has 7 heteroatoms. The van der Waals surface area contributed by atoms with Gasteiger partial charge >= 0.3 is 0 Å². The van der Waals surface area contributed by atoms with Crippen molar-refractivity contribution in [2.75, 3.05) is 5.01 Å². The normalized spacial score (nSPS) is 19.2. The maximum atomic E-state index is 4.42. The first-order valence-corrected chi connectivity index (χ1v) is 9.81. The summed E-state index contributed by atoms with van der Waals surface area (Å²) in [6.07, 6.45) is 3.07. The summed E-state index contributed by atoms with van der Waals surface area (Å²) in [6, 6.07) is 8.48. The average molecular weight is 355 g/mol. The number of thioether (sulfide) groups is 2. The Morgan fingerprint density at radius 3 is 3.00 bits per heavy atom. The Kier molecular flexibility index (Phi) is 3.21. The van der Waals surface area contributed by atoms with Gasteiger partial charge in [0.2, 0.25) is 5.16 Å². The number of fused-ring (bicyclic) bond motifs is 4. The molecule has 2 aromatic heterocycles. The van der Waals surface area contributed by atoms with Gasteiger partial charge in [-0.1, -0.05) is 43.8 Å². The molecular formula is C17H17N5S2. The molecule has 24 heavy (non-hydrogen) atoms. The highest BCUT2D eigenvalue weighted by atomic mass is 32.2. The van der Waals surface area contributed by atoms with E-state index >= 15 is 0 Å². The SMILES string of the molecule is CC(C)Cc1nnc2n1N1C(=CSC1c1c[nH]c3ccccc13)S2. The number of hydrogen-bond donors (Lipinski definition) is 1. The molecule has 0 saturated heterocycles. The van der Waals surface area contributed by atoms with Crippen LogP contribution < -0.4 is 5.01 Å². The van der Waals surface area contributed by atoms with Crippen molar-refractivity contribution in [3.63, 3.8) is 0 Å².